The molecule has 2 aliphatic rings. The maximum absolute atomic E-state index is 11.3. The van der Waals surface area contributed by atoms with E-state index in [9.17, 15) is 4.79 Å². The largest absolute Gasteiger partial charge is 0.468 e. The molecule has 4 nitrogen and oxygen atoms in total. The van der Waals surface area contributed by atoms with Crippen molar-refractivity contribution in [1.82, 2.24) is 10.2 Å². The Morgan fingerprint density at radius 2 is 2.14 bits per heavy atom. The van der Waals surface area contributed by atoms with E-state index >= 15 is 0 Å². The molecule has 2 fully saturated rings. The van der Waals surface area contributed by atoms with Crippen molar-refractivity contribution in [2.45, 2.75) is 31.3 Å². The van der Waals surface area contributed by atoms with Gasteiger partial charge in [0.1, 0.15) is 6.04 Å². The zero-order chi connectivity index (χ0) is 9.97. The van der Waals surface area contributed by atoms with Crippen LogP contribution in [0.1, 0.15) is 19.3 Å². The minimum Gasteiger partial charge on any atom is -0.468 e. The van der Waals surface area contributed by atoms with Crippen LogP contribution in [0.2, 0.25) is 0 Å². The number of hydrogen-bond acceptors (Lipinski definition) is 4. The summed E-state index contributed by atoms with van der Waals surface area (Å²) >= 11 is 0. The van der Waals surface area contributed by atoms with Crippen molar-refractivity contribution >= 4 is 5.97 Å². The Labute approximate surface area is 84.6 Å². The van der Waals surface area contributed by atoms with Gasteiger partial charge in [-0.2, -0.15) is 0 Å². The molecular weight excluding hydrogens is 180 g/mol. The maximum atomic E-state index is 11.3. The molecule has 0 amide bonds. The summed E-state index contributed by atoms with van der Waals surface area (Å²) in [5.74, 6) is -0.119. The quantitative estimate of drug-likeness (QED) is 0.633. The van der Waals surface area contributed by atoms with Crippen LogP contribution in [0.3, 0.4) is 0 Å². The molecule has 0 radical (unpaired) electrons. The molecule has 1 N–H and O–H groups in total. The van der Waals surface area contributed by atoms with Crippen LogP contribution in [0.25, 0.3) is 0 Å². The number of nitrogens with zero attached hydrogens (tertiary/aromatic N) is 1. The van der Waals surface area contributed by atoms with Crippen molar-refractivity contribution in [3.63, 3.8) is 0 Å². The van der Waals surface area contributed by atoms with Gasteiger partial charge >= 0.3 is 5.97 Å². The fraction of sp³-hybridized carbons (Fsp3) is 0.900. The van der Waals surface area contributed by atoms with Crippen LogP contribution in [-0.2, 0) is 9.53 Å². The van der Waals surface area contributed by atoms with Crippen LogP contribution in [0.15, 0.2) is 0 Å². The van der Waals surface area contributed by atoms with E-state index in [0.29, 0.717) is 6.04 Å². The molecule has 0 saturated carbocycles. The fourth-order valence-electron chi connectivity index (χ4n) is 2.42. The first-order valence-electron chi connectivity index (χ1n) is 5.36. The number of esters is 1. The van der Waals surface area contributed by atoms with Gasteiger partial charge in [-0.05, 0) is 32.4 Å². The first-order valence-corrected chi connectivity index (χ1v) is 5.36. The minimum absolute atomic E-state index is 0.0781. The third-order valence-corrected chi connectivity index (χ3v) is 3.25. The van der Waals surface area contributed by atoms with Crippen LogP contribution in [0.5, 0.6) is 0 Å². The summed E-state index contributed by atoms with van der Waals surface area (Å²) in [5, 5.41) is 3.22. The summed E-state index contributed by atoms with van der Waals surface area (Å²) in [7, 11) is 1.45. The summed E-state index contributed by atoms with van der Waals surface area (Å²) in [6.45, 7) is 3.32. The van der Waals surface area contributed by atoms with Crippen LogP contribution in [-0.4, -0.2) is 49.7 Å². The highest BCUT2D eigenvalue weighted by molar-refractivity contribution is 5.76. The normalized spacial score (nSPS) is 33.5. The molecule has 0 spiro atoms. The molecule has 0 unspecified atom stereocenters. The van der Waals surface area contributed by atoms with Gasteiger partial charge in [0.15, 0.2) is 0 Å². The van der Waals surface area contributed by atoms with E-state index < -0.39 is 0 Å². The van der Waals surface area contributed by atoms with Gasteiger partial charge in [-0.1, -0.05) is 0 Å². The lowest BCUT2D eigenvalue weighted by molar-refractivity contribution is -0.142. The molecule has 2 heterocycles. The second kappa shape index (κ2) is 4.28. The zero-order valence-corrected chi connectivity index (χ0v) is 8.66. The predicted molar refractivity (Wildman–Crippen MR) is 53.0 cm³/mol. The van der Waals surface area contributed by atoms with E-state index in [4.69, 9.17) is 4.74 Å². The third-order valence-electron chi connectivity index (χ3n) is 3.25. The molecule has 0 bridgehead atoms. The molecule has 2 rings (SSSR count). The van der Waals surface area contributed by atoms with Crippen LogP contribution in [0.4, 0.5) is 0 Å². The lowest BCUT2D eigenvalue weighted by Crippen LogP contribution is -2.34. The second-order valence-electron chi connectivity index (χ2n) is 4.12. The van der Waals surface area contributed by atoms with Gasteiger partial charge in [0.05, 0.1) is 7.11 Å². The number of hydrogen-bond donors (Lipinski definition) is 1. The van der Waals surface area contributed by atoms with Gasteiger partial charge in [-0.15, -0.1) is 0 Å². The molecule has 80 valence electrons. The average Bonchev–Trinajstić information content (AvgIpc) is 2.86. The number of carbonyl (C=O) groups is 1. The SMILES string of the molecule is COC(=O)[C@H]1C[C@H](N2CCCC2)CN1. The molecule has 2 saturated heterocycles. The zero-order valence-electron chi connectivity index (χ0n) is 8.66. The van der Waals surface area contributed by atoms with E-state index in [1.807, 2.05) is 0 Å². The number of carbonyl (C=O) groups excluding carboxylic acids is 1. The first kappa shape index (κ1) is 9.93. The van der Waals surface area contributed by atoms with Gasteiger partial charge in [0.25, 0.3) is 0 Å². The molecular formula is C10H18N2O2. The van der Waals surface area contributed by atoms with E-state index in [2.05, 4.69) is 10.2 Å². The van der Waals surface area contributed by atoms with Crippen LogP contribution < -0.4 is 5.32 Å². The van der Waals surface area contributed by atoms with Crippen molar-refractivity contribution in [3.05, 3.63) is 0 Å². The Hall–Kier alpha value is -0.610. The van der Waals surface area contributed by atoms with Gasteiger partial charge in [0, 0.05) is 12.6 Å². The standard InChI is InChI=1S/C10H18N2O2/c1-14-10(13)9-6-8(7-11-9)12-4-2-3-5-12/h8-9,11H,2-7H2,1H3/t8-,9+/m0/s1. The molecule has 0 aromatic rings. The molecule has 0 aliphatic carbocycles. The average molecular weight is 198 g/mol. The van der Waals surface area contributed by atoms with Crippen molar-refractivity contribution in [2.24, 2.45) is 0 Å². The van der Waals surface area contributed by atoms with E-state index in [1.165, 1.54) is 33.0 Å². The van der Waals surface area contributed by atoms with E-state index in [-0.39, 0.29) is 12.0 Å². The highest BCUT2D eigenvalue weighted by atomic mass is 16.5. The number of methoxy groups -OCH3 is 1. The summed E-state index contributed by atoms with van der Waals surface area (Å²) < 4.78 is 4.73. The van der Waals surface area contributed by atoms with Crippen molar-refractivity contribution in [1.29, 1.82) is 0 Å². The Balaban J connectivity index is 1.84. The van der Waals surface area contributed by atoms with Gasteiger partial charge < -0.3 is 10.1 Å². The Bertz CT molecular complexity index is 214. The van der Waals surface area contributed by atoms with Gasteiger partial charge in [-0.25, -0.2) is 0 Å². The highest BCUT2D eigenvalue weighted by Gasteiger charge is 2.34. The Morgan fingerprint density at radius 1 is 1.43 bits per heavy atom. The first-order chi connectivity index (χ1) is 6.81. The number of likely N-dealkylation sites (tertiary alicyclic amines) is 1. The lowest BCUT2D eigenvalue weighted by atomic mass is 10.1. The second-order valence-corrected chi connectivity index (χ2v) is 4.12. The number of ether oxygens (including phenoxy) is 1. The monoisotopic (exact) mass is 198 g/mol. The van der Waals surface area contributed by atoms with Crippen molar-refractivity contribution in [2.75, 3.05) is 26.7 Å². The van der Waals surface area contributed by atoms with E-state index in [1.54, 1.807) is 0 Å². The minimum atomic E-state index is -0.119. The maximum Gasteiger partial charge on any atom is 0.322 e. The topological polar surface area (TPSA) is 41.6 Å². The van der Waals surface area contributed by atoms with Gasteiger partial charge in [-0.3, -0.25) is 9.69 Å². The molecule has 4 heteroatoms. The molecule has 14 heavy (non-hydrogen) atoms. The number of nitrogens with one attached hydrogen (secondary N) is 1. The summed E-state index contributed by atoms with van der Waals surface area (Å²) in [6.07, 6.45) is 3.52. The molecule has 0 aromatic heterocycles. The van der Waals surface area contributed by atoms with E-state index in [0.717, 1.165) is 13.0 Å². The number of rotatable bonds is 2. The third kappa shape index (κ3) is 1.91. The Kier molecular flexibility index (Phi) is 3.03. The fourth-order valence-corrected chi connectivity index (χ4v) is 2.42. The lowest BCUT2D eigenvalue weighted by Gasteiger charge is -2.21. The molecule has 2 aliphatic heterocycles. The summed E-state index contributed by atoms with van der Waals surface area (Å²) in [4.78, 5) is 13.8. The smallest absolute Gasteiger partial charge is 0.322 e. The summed E-state index contributed by atoms with van der Waals surface area (Å²) in [5.41, 5.74) is 0. The van der Waals surface area contributed by atoms with Crippen molar-refractivity contribution < 1.29 is 9.53 Å². The van der Waals surface area contributed by atoms with Gasteiger partial charge in [0.2, 0.25) is 0 Å². The summed E-state index contributed by atoms with van der Waals surface area (Å²) in [6, 6.07) is 0.465. The van der Waals surface area contributed by atoms with Crippen molar-refractivity contribution in [3.8, 4) is 0 Å². The predicted octanol–water partition coefficient (Wildman–Crippen LogP) is -0.0143. The van der Waals surface area contributed by atoms with Crippen LogP contribution >= 0.6 is 0 Å². The molecule has 2 atom stereocenters. The Morgan fingerprint density at radius 3 is 2.79 bits per heavy atom. The highest BCUT2D eigenvalue weighted by Crippen LogP contribution is 2.19. The molecule has 0 aromatic carbocycles. The van der Waals surface area contributed by atoms with Crippen LogP contribution in [0, 0.1) is 0 Å².